The van der Waals surface area contributed by atoms with E-state index in [1.165, 1.54) is 24.3 Å². The fraction of sp³-hybridized carbons (Fsp3) is 0.214. The molecule has 0 fully saturated rings. The molecule has 22 heavy (non-hydrogen) atoms. The molecule has 0 aliphatic rings. The van der Waals surface area contributed by atoms with Gasteiger partial charge in [-0.05, 0) is 48.6 Å². The summed E-state index contributed by atoms with van der Waals surface area (Å²) in [6.07, 6.45) is -2.43. The van der Waals surface area contributed by atoms with Crippen LogP contribution in [0.1, 0.15) is 5.76 Å². The van der Waals surface area contributed by atoms with Gasteiger partial charge in [-0.15, -0.1) is 13.2 Å². The van der Waals surface area contributed by atoms with Crippen LogP contribution in [0.5, 0.6) is 5.75 Å². The van der Waals surface area contributed by atoms with Crippen LogP contribution in [-0.4, -0.2) is 18.0 Å². The van der Waals surface area contributed by atoms with E-state index in [2.05, 4.69) is 15.4 Å². The molecule has 2 aromatic rings. The van der Waals surface area contributed by atoms with Gasteiger partial charge in [0.2, 0.25) is 0 Å². The average molecular weight is 330 g/mol. The summed E-state index contributed by atoms with van der Waals surface area (Å²) in [6.45, 7) is 0.578. The molecular formula is C14H13F3N2O2S. The van der Waals surface area contributed by atoms with Crippen molar-refractivity contribution in [3.8, 4) is 5.75 Å². The van der Waals surface area contributed by atoms with Crippen LogP contribution in [0.15, 0.2) is 47.1 Å². The quantitative estimate of drug-likeness (QED) is 0.819. The molecule has 0 unspecified atom stereocenters. The Morgan fingerprint density at radius 3 is 2.50 bits per heavy atom. The van der Waals surface area contributed by atoms with Gasteiger partial charge < -0.3 is 19.8 Å². The van der Waals surface area contributed by atoms with Crippen molar-refractivity contribution in [2.45, 2.75) is 12.8 Å². The van der Waals surface area contributed by atoms with Gasteiger partial charge in [0, 0.05) is 18.7 Å². The lowest BCUT2D eigenvalue weighted by atomic mass is 10.3. The highest BCUT2D eigenvalue weighted by atomic mass is 32.1. The second kappa shape index (κ2) is 7.17. The Bertz CT molecular complexity index is 598. The summed E-state index contributed by atoms with van der Waals surface area (Å²) in [5.41, 5.74) is 0.560. The van der Waals surface area contributed by atoms with E-state index in [-0.39, 0.29) is 5.75 Å². The van der Waals surface area contributed by atoms with Crippen molar-refractivity contribution in [2.24, 2.45) is 0 Å². The number of anilines is 1. The number of hydrogen-bond acceptors (Lipinski definition) is 3. The average Bonchev–Trinajstić information content (AvgIpc) is 2.92. The molecule has 8 heteroatoms. The molecule has 0 saturated heterocycles. The van der Waals surface area contributed by atoms with E-state index in [0.717, 1.165) is 5.76 Å². The summed E-state index contributed by atoms with van der Waals surface area (Å²) >= 11 is 5.09. The smallest absolute Gasteiger partial charge is 0.469 e. The normalized spacial score (nSPS) is 11.0. The monoisotopic (exact) mass is 330 g/mol. The van der Waals surface area contributed by atoms with Crippen LogP contribution in [0.4, 0.5) is 18.9 Å². The van der Waals surface area contributed by atoms with Crippen LogP contribution < -0.4 is 15.4 Å². The topological polar surface area (TPSA) is 46.4 Å². The maximum atomic E-state index is 12.0. The number of furan rings is 1. The standard InChI is InChI=1S/C14H13F3N2O2S/c15-14(16,17)21-12-5-3-10(4-6-12)19-13(22)18-8-7-11-2-1-9-20-11/h1-6,9H,7-8H2,(H2,18,19,22). The van der Waals surface area contributed by atoms with Gasteiger partial charge in [0.15, 0.2) is 5.11 Å². The summed E-state index contributed by atoms with van der Waals surface area (Å²) in [4.78, 5) is 0. The molecular weight excluding hydrogens is 317 g/mol. The largest absolute Gasteiger partial charge is 0.573 e. The van der Waals surface area contributed by atoms with E-state index in [9.17, 15) is 13.2 Å². The minimum absolute atomic E-state index is 0.283. The maximum Gasteiger partial charge on any atom is 0.573 e. The zero-order chi connectivity index (χ0) is 16.0. The number of hydrogen-bond donors (Lipinski definition) is 2. The predicted molar refractivity (Wildman–Crippen MR) is 79.8 cm³/mol. The molecule has 0 aliphatic carbocycles. The van der Waals surface area contributed by atoms with Gasteiger partial charge in [0.25, 0.3) is 0 Å². The first kappa shape index (κ1) is 16.2. The van der Waals surface area contributed by atoms with Crippen molar-refractivity contribution < 1.29 is 22.3 Å². The van der Waals surface area contributed by atoms with Crippen LogP contribution in [0.25, 0.3) is 0 Å². The molecule has 118 valence electrons. The lowest BCUT2D eigenvalue weighted by Crippen LogP contribution is -2.30. The first-order valence-electron chi connectivity index (χ1n) is 6.35. The van der Waals surface area contributed by atoms with Crippen LogP contribution in [-0.2, 0) is 6.42 Å². The summed E-state index contributed by atoms with van der Waals surface area (Å²) in [5.74, 6) is 0.554. The molecule has 0 atom stereocenters. The Balaban J connectivity index is 1.76. The van der Waals surface area contributed by atoms with E-state index in [0.29, 0.717) is 23.8 Å². The molecule has 0 bridgehead atoms. The van der Waals surface area contributed by atoms with Crippen LogP contribution in [0, 0.1) is 0 Å². The molecule has 1 aromatic carbocycles. The lowest BCUT2D eigenvalue weighted by molar-refractivity contribution is -0.274. The number of nitrogens with one attached hydrogen (secondary N) is 2. The van der Waals surface area contributed by atoms with E-state index in [1.54, 1.807) is 12.3 Å². The Kier molecular flexibility index (Phi) is 5.26. The Hall–Kier alpha value is -2.22. The summed E-state index contributed by atoms with van der Waals surface area (Å²) < 4.78 is 45.1. The Labute approximate surface area is 130 Å². The molecule has 1 heterocycles. The van der Waals surface area contributed by atoms with Crippen LogP contribution in [0.3, 0.4) is 0 Å². The number of benzene rings is 1. The summed E-state index contributed by atoms with van der Waals surface area (Å²) in [7, 11) is 0. The zero-order valence-corrected chi connectivity index (χ0v) is 12.1. The molecule has 0 amide bonds. The van der Waals surface area contributed by atoms with Gasteiger partial charge in [-0.1, -0.05) is 0 Å². The highest BCUT2D eigenvalue weighted by molar-refractivity contribution is 7.80. The number of halogens is 3. The molecule has 2 rings (SSSR count). The molecule has 4 nitrogen and oxygen atoms in total. The van der Waals surface area contributed by atoms with Crippen molar-refractivity contribution in [3.05, 3.63) is 48.4 Å². The first-order valence-corrected chi connectivity index (χ1v) is 6.76. The molecule has 0 radical (unpaired) electrons. The van der Waals surface area contributed by atoms with E-state index in [1.807, 2.05) is 6.07 Å². The number of alkyl halides is 3. The molecule has 1 aromatic heterocycles. The SMILES string of the molecule is FC(F)(F)Oc1ccc(NC(=S)NCCc2ccco2)cc1. The lowest BCUT2D eigenvalue weighted by Gasteiger charge is -2.12. The van der Waals surface area contributed by atoms with Gasteiger partial charge in [-0.2, -0.15) is 0 Å². The highest BCUT2D eigenvalue weighted by Crippen LogP contribution is 2.23. The minimum atomic E-state index is -4.70. The molecule has 0 spiro atoms. The summed E-state index contributed by atoms with van der Waals surface area (Å²) in [5, 5.41) is 6.21. The number of rotatable bonds is 5. The number of thiocarbonyl (C=S) groups is 1. The minimum Gasteiger partial charge on any atom is -0.469 e. The Morgan fingerprint density at radius 1 is 1.18 bits per heavy atom. The third-order valence-electron chi connectivity index (χ3n) is 2.58. The zero-order valence-electron chi connectivity index (χ0n) is 11.3. The van der Waals surface area contributed by atoms with Crippen molar-refractivity contribution in [2.75, 3.05) is 11.9 Å². The summed E-state index contributed by atoms with van der Waals surface area (Å²) in [6, 6.07) is 8.97. The van der Waals surface area contributed by atoms with Crippen molar-refractivity contribution in [3.63, 3.8) is 0 Å². The molecule has 0 saturated carbocycles. The third kappa shape index (κ3) is 5.65. The maximum absolute atomic E-state index is 12.0. The van der Waals surface area contributed by atoms with Crippen molar-refractivity contribution >= 4 is 23.0 Å². The third-order valence-corrected chi connectivity index (χ3v) is 2.83. The molecule has 2 N–H and O–H groups in total. The van der Waals surface area contributed by atoms with Gasteiger partial charge >= 0.3 is 6.36 Å². The highest BCUT2D eigenvalue weighted by Gasteiger charge is 2.30. The van der Waals surface area contributed by atoms with E-state index in [4.69, 9.17) is 16.6 Å². The second-order valence-electron chi connectivity index (χ2n) is 4.28. The Morgan fingerprint density at radius 2 is 1.91 bits per heavy atom. The van der Waals surface area contributed by atoms with E-state index >= 15 is 0 Å². The predicted octanol–water partition coefficient (Wildman–Crippen LogP) is 3.71. The second-order valence-corrected chi connectivity index (χ2v) is 4.69. The van der Waals surface area contributed by atoms with Crippen LogP contribution >= 0.6 is 12.2 Å². The van der Waals surface area contributed by atoms with Gasteiger partial charge in [-0.25, -0.2) is 0 Å². The fourth-order valence-electron chi connectivity index (χ4n) is 1.67. The van der Waals surface area contributed by atoms with Crippen molar-refractivity contribution in [1.82, 2.24) is 5.32 Å². The van der Waals surface area contributed by atoms with Gasteiger partial charge in [0.1, 0.15) is 11.5 Å². The van der Waals surface area contributed by atoms with Crippen molar-refractivity contribution in [1.29, 1.82) is 0 Å². The molecule has 0 aliphatic heterocycles. The van der Waals surface area contributed by atoms with Gasteiger partial charge in [0.05, 0.1) is 6.26 Å². The van der Waals surface area contributed by atoms with E-state index < -0.39 is 6.36 Å². The van der Waals surface area contributed by atoms with Gasteiger partial charge in [-0.3, -0.25) is 0 Å². The number of ether oxygens (including phenoxy) is 1. The first-order chi connectivity index (χ1) is 10.4. The van der Waals surface area contributed by atoms with Crippen LogP contribution in [0.2, 0.25) is 0 Å². The fourth-order valence-corrected chi connectivity index (χ4v) is 1.89.